The van der Waals surface area contributed by atoms with Gasteiger partial charge in [0.2, 0.25) is 11.7 Å². The molecule has 0 unspecified atom stereocenters. The summed E-state index contributed by atoms with van der Waals surface area (Å²) in [7, 11) is 1.60. The standard InChI is InChI=1S/C14H14N4O3/c1-3-8-21-13(19)11-12-17(2)16-14(20)18(12)10-7-5-4-6-9(10)15-11/h4-7H,3,8H2,1-2H3. The Bertz CT molecular complexity index is 841. The summed E-state index contributed by atoms with van der Waals surface area (Å²) in [5.74, 6) is -0.553. The molecule has 0 radical (unpaired) electrons. The van der Waals surface area contributed by atoms with Gasteiger partial charge in [-0.3, -0.25) is 0 Å². The third-order valence-electron chi connectivity index (χ3n) is 3.14. The number of aryl methyl sites for hydroxylation is 1. The van der Waals surface area contributed by atoms with Gasteiger partial charge in [-0.25, -0.2) is 9.78 Å². The van der Waals surface area contributed by atoms with Crippen LogP contribution in [0.25, 0.3) is 16.7 Å². The smallest absolute Gasteiger partial charge is 0.364 e. The summed E-state index contributed by atoms with van der Waals surface area (Å²) < 4.78 is 7.87. The highest BCUT2D eigenvalue weighted by Crippen LogP contribution is 2.15. The minimum Gasteiger partial charge on any atom is -0.817 e. The molecule has 3 rings (SSSR count). The van der Waals surface area contributed by atoms with Crippen molar-refractivity contribution >= 4 is 22.6 Å². The van der Waals surface area contributed by atoms with E-state index in [1.807, 2.05) is 6.92 Å². The van der Waals surface area contributed by atoms with Crippen molar-refractivity contribution in [3.63, 3.8) is 0 Å². The fraction of sp³-hybridized carbons (Fsp3) is 0.286. The summed E-state index contributed by atoms with van der Waals surface area (Å²) in [5.41, 5.74) is 1.58. The first-order valence-corrected chi connectivity index (χ1v) is 6.65. The van der Waals surface area contributed by atoms with Gasteiger partial charge in [0.05, 0.1) is 13.7 Å². The van der Waals surface area contributed by atoms with E-state index in [-0.39, 0.29) is 5.69 Å². The molecule has 2 heterocycles. The van der Waals surface area contributed by atoms with Crippen LogP contribution < -0.4 is 9.51 Å². The van der Waals surface area contributed by atoms with Crippen molar-refractivity contribution < 1.29 is 19.0 Å². The number of hydrogen-bond acceptors (Lipinski definition) is 5. The summed E-state index contributed by atoms with van der Waals surface area (Å²) in [5, 5.41) is 15.9. The highest BCUT2D eigenvalue weighted by molar-refractivity contribution is 5.94. The predicted octanol–water partition coefficient (Wildman–Crippen LogP) is 0.347. The minimum atomic E-state index is -0.553. The number of esters is 1. The molecule has 0 aliphatic rings. The fourth-order valence-electron chi connectivity index (χ4n) is 2.25. The lowest BCUT2D eigenvalue weighted by molar-refractivity contribution is -0.565. The summed E-state index contributed by atoms with van der Waals surface area (Å²) in [6.45, 7) is 2.22. The first-order valence-electron chi connectivity index (χ1n) is 6.65. The van der Waals surface area contributed by atoms with Gasteiger partial charge >= 0.3 is 5.97 Å². The number of benzene rings is 1. The molecule has 2 aromatic heterocycles. The molecular weight excluding hydrogens is 272 g/mol. The van der Waals surface area contributed by atoms with Gasteiger partial charge in [0, 0.05) is 5.10 Å². The number of hydrogen-bond donors (Lipinski definition) is 0. The normalized spacial score (nSPS) is 11.1. The van der Waals surface area contributed by atoms with Crippen molar-refractivity contribution in [1.29, 1.82) is 0 Å². The van der Waals surface area contributed by atoms with Gasteiger partial charge in [-0.05, 0) is 18.6 Å². The highest BCUT2D eigenvalue weighted by Gasteiger charge is 2.25. The molecule has 0 aliphatic heterocycles. The van der Waals surface area contributed by atoms with Crippen LogP contribution >= 0.6 is 0 Å². The van der Waals surface area contributed by atoms with E-state index >= 15 is 0 Å². The average molecular weight is 286 g/mol. The van der Waals surface area contributed by atoms with Gasteiger partial charge in [-0.15, -0.1) is 4.68 Å². The van der Waals surface area contributed by atoms with Crippen molar-refractivity contribution in [2.24, 2.45) is 7.05 Å². The Hall–Kier alpha value is -2.70. The van der Waals surface area contributed by atoms with Crippen molar-refractivity contribution in [2.75, 3.05) is 6.61 Å². The first kappa shape index (κ1) is 13.3. The molecule has 0 spiro atoms. The second-order valence-corrected chi connectivity index (χ2v) is 4.65. The Morgan fingerprint density at radius 3 is 2.95 bits per heavy atom. The molecule has 0 saturated carbocycles. The van der Waals surface area contributed by atoms with E-state index in [1.54, 1.807) is 31.3 Å². The Kier molecular flexibility index (Phi) is 3.17. The molecule has 0 amide bonds. The molecule has 0 atom stereocenters. The lowest BCUT2D eigenvalue weighted by Crippen LogP contribution is -2.29. The predicted molar refractivity (Wildman–Crippen MR) is 71.7 cm³/mol. The van der Waals surface area contributed by atoms with Gasteiger partial charge in [-0.2, -0.15) is 4.40 Å². The molecule has 3 aromatic rings. The van der Waals surface area contributed by atoms with E-state index in [0.29, 0.717) is 29.7 Å². The van der Waals surface area contributed by atoms with E-state index in [9.17, 15) is 9.90 Å². The van der Waals surface area contributed by atoms with Crippen molar-refractivity contribution in [3.05, 3.63) is 30.0 Å². The van der Waals surface area contributed by atoms with Crippen molar-refractivity contribution in [2.45, 2.75) is 13.3 Å². The Labute approximate surface area is 120 Å². The fourth-order valence-corrected chi connectivity index (χ4v) is 2.25. The van der Waals surface area contributed by atoms with Crippen LogP contribution in [0.15, 0.2) is 24.3 Å². The molecule has 0 saturated heterocycles. The van der Waals surface area contributed by atoms with Gasteiger partial charge < -0.3 is 9.84 Å². The Morgan fingerprint density at radius 1 is 1.43 bits per heavy atom. The van der Waals surface area contributed by atoms with E-state index < -0.39 is 12.0 Å². The number of carbonyl (C=O) groups excluding carboxylic acids is 1. The van der Waals surface area contributed by atoms with Crippen LogP contribution in [-0.4, -0.2) is 27.3 Å². The molecule has 108 valence electrons. The molecule has 1 aromatic carbocycles. The molecular formula is C14H14N4O3. The van der Waals surface area contributed by atoms with Crippen LogP contribution in [0, 0.1) is 0 Å². The topological polar surface area (TPSA) is 84.2 Å². The van der Waals surface area contributed by atoms with E-state index in [0.717, 1.165) is 0 Å². The van der Waals surface area contributed by atoms with Crippen molar-refractivity contribution in [1.82, 2.24) is 14.8 Å². The molecule has 7 heteroatoms. The van der Waals surface area contributed by atoms with Crippen LogP contribution in [0.1, 0.15) is 23.8 Å². The molecule has 0 fully saturated rings. The molecule has 0 N–H and O–H groups in total. The van der Waals surface area contributed by atoms with Crippen LogP contribution in [-0.2, 0) is 11.8 Å². The highest BCUT2D eigenvalue weighted by atomic mass is 16.5. The SMILES string of the molecule is CCCOC(=O)c1nc2ccccc2[n+]2c([O-])nn(C)c12. The van der Waals surface area contributed by atoms with Crippen LogP contribution in [0.3, 0.4) is 0 Å². The van der Waals surface area contributed by atoms with E-state index in [4.69, 9.17) is 4.74 Å². The largest absolute Gasteiger partial charge is 0.817 e. The summed E-state index contributed by atoms with van der Waals surface area (Å²) >= 11 is 0. The molecule has 7 nitrogen and oxygen atoms in total. The number of nitrogens with zero attached hydrogens (tertiary/aromatic N) is 4. The van der Waals surface area contributed by atoms with Gasteiger partial charge in [0.15, 0.2) is 0 Å². The van der Waals surface area contributed by atoms with Crippen LogP contribution in [0.2, 0.25) is 0 Å². The number of aromatic nitrogens is 4. The Morgan fingerprint density at radius 2 is 2.19 bits per heavy atom. The van der Waals surface area contributed by atoms with Crippen LogP contribution in [0.5, 0.6) is 6.01 Å². The maximum absolute atomic E-state index is 12.2. The number of rotatable bonds is 3. The third-order valence-corrected chi connectivity index (χ3v) is 3.14. The lowest BCUT2D eigenvalue weighted by atomic mass is 10.3. The molecule has 0 bridgehead atoms. The average Bonchev–Trinajstić information content (AvgIpc) is 2.79. The molecule has 21 heavy (non-hydrogen) atoms. The zero-order valence-electron chi connectivity index (χ0n) is 11.7. The number of ether oxygens (including phenoxy) is 1. The third kappa shape index (κ3) is 2.06. The first-order chi connectivity index (χ1) is 10.1. The quantitative estimate of drug-likeness (QED) is 0.512. The second kappa shape index (κ2) is 5.01. The maximum Gasteiger partial charge on any atom is 0.364 e. The van der Waals surface area contributed by atoms with Gasteiger partial charge in [0.1, 0.15) is 11.0 Å². The van der Waals surface area contributed by atoms with Crippen molar-refractivity contribution in [3.8, 4) is 6.01 Å². The molecule has 0 aliphatic carbocycles. The number of para-hydroxylation sites is 2. The summed E-state index contributed by atoms with van der Waals surface area (Å²) in [6, 6.07) is 6.65. The van der Waals surface area contributed by atoms with Gasteiger partial charge in [0.25, 0.3) is 5.65 Å². The van der Waals surface area contributed by atoms with E-state index in [2.05, 4.69) is 10.1 Å². The maximum atomic E-state index is 12.2. The van der Waals surface area contributed by atoms with Gasteiger partial charge in [-0.1, -0.05) is 19.1 Å². The van der Waals surface area contributed by atoms with E-state index in [1.165, 1.54) is 9.08 Å². The van der Waals surface area contributed by atoms with Crippen LogP contribution in [0.4, 0.5) is 0 Å². The summed E-state index contributed by atoms with van der Waals surface area (Å²) in [6.07, 6.45) is 0.716. The Balaban J connectivity index is 2.34. The lowest BCUT2D eigenvalue weighted by Gasteiger charge is -2.05. The monoisotopic (exact) mass is 286 g/mol. The zero-order valence-corrected chi connectivity index (χ0v) is 11.7. The summed E-state index contributed by atoms with van der Waals surface area (Å²) in [4.78, 5) is 16.5. The second-order valence-electron chi connectivity index (χ2n) is 4.65. The number of carbonyl (C=O) groups is 1. The minimum absolute atomic E-state index is 0.0965. The zero-order chi connectivity index (χ0) is 15.0. The number of fused-ring (bicyclic) bond motifs is 3.